The maximum absolute atomic E-state index is 12.4. The Hall–Kier alpha value is -1.92. The minimum absolute atomic E-state index is 0.00505. The van der Waals surface area contributed by atoms with E-state index in [4.69, 9.17) is 11.6 Å². The number of carbonyl (C=O) groups is 2. The number of halogens is 1. The van der Waals surface area contributed by atoms with E-state index in [0.29, 0.717) is 28.8 Å². The van der Waals surface area contributed by atoms with E-state index in [1.165, 1.54) is 11.3 Å². The van der Waals surface area contributed by atoms with E-state index in [1.54, 1.807) is 16.8 Å². The molecular weight excluding hydrogens is 346 g/mol. The van der Waals surface area contributed by atoms with Gasteiger partial charge in [-0.05, 0) is 24.1 Å². The van der Waals surface area contributed by atoms with Crippen molar-refractivity contribution in [3.05, 3.63) is 45.9 Å². The molecular formula is C17H18ClN3O2S. The molecule has 24 heavy (non-hydrogen) atoms. The summed E-state index contributed by atoms with van der Waals surface area (Å²) in [6.45, 7) is 1.24. The molecule has 1 aromatic carbocycles. The maximum atomic E-state index is 12.4. The molecule has 1 saturated heterocycles. The first-order chi connectivity index (χ1) is 11.5. The van der Waals surface area contributed by atoms with Crippen LogP contribution >= 0.6 is 22.9 Å². The molecule has 3 rings (SSSR count). The molecule has 7 heteroatoms. The summed E-state index contributed by atoms with van der Waals surface area (Å²) in [6, 6.07) is 7.45. The molecule has 1 aromatic heterocycles. The molecule has 0 atom stereocenters. The number of amides is 2. The number of hydrogen-bond donors (Lipinski definition) is 0. The highest BCUT2D eigenvalue weighted by molar-refractivity contribution is 7.14. The van der Waals surface area contributed by atoms with Crippen LogP contribution in [0.4, 0.5) is 5.13 Å². The van der Waals surface area contributed by atoms with Crippen LogP contribution in [0.2, 0.25) is 5.02 Å². The van der Waals surface area contributed by atoms with E-state index in [2.05, 4.69) is 4.98 Å². The third-order valence-electron chi connectivity index (χ3n) is 3.94. The minimum Gasteiger partial charge on any atom is -0.341 e. The highest BCUT2D eigenvalue weighted by atomic mass is 35.5. The molecule has 0 bridgehead atoms. The van der Waals surface area contributed by atoms with Crippen LogP contribution in [0.3, 0.4) is 0 Å². The van der Waals surface area contributed by atoms with Crippen molar-refractivity contribution in [2.45, 2.75) is 25.8 Å². The Morgan fingerprint density at radius 1 is 1.38 bits per heavy atom. The van der Waals surface area contributed by atoms with Crippen molar-refractivity contribution in [2.24, 2.45) is 0 Å². The van der Waals surface area contributed by atoms with Crippen LogP contribution in [0.1, 0.15) is 24.1 Å². The zero-order chi connectivity index (χ0) is 17.1. The lowest BCUT2D eigenvalue weighted by atomic mass is 10.2. The molecule has 1 aliphatic rings. The van der Waals surface area contributed by atoms with Crippen molar-refractivity contribution in [3.63, 3.8) is 0 Å². The Balaban J connectivity index is 1.59. The molecule has 5 nitrogen and oxygen atoms in total. The van der Waals surface area contributed by atoms with Gasteiger partial charge in [0.05, 0.1) is 12.1 Å². The standard InChI is InChI=1S/C17H18ClN3O2S/c1-20(10-12-4-6-13(18)7-5-12)16(23)9-14-11-24-17(19-14)21-8-2-3-15(21)22/h4-7,11H,2-3,8-10H2,1H3. The molecule has 0 radical (unpaired) electrons. The van der Waals surface area contributed by atoms with Gasteiger partial charge in [-0.25, -0.2) is 4.98 Å². The Labute approximate surface area is 149 Å². The highest BCUT2D eigenvalue weighted by Gasteiger charge is 2.24. The number of likely N-dealkylation sites (N-methyl/N-ethyl adjacent to an activating group) is 1. The van der Waals surface area contributed by atoms with Crippen molar-refractivity contribution in [3.8, 4) is 0 Å². The van der Waals surface area contributed by atoms with Crippen LogP contribution in [0, 0.1) is 0 Å². The topological polar surface area (TPSA) is 53.5 Å². The summed E-state index contributed by atoms with van der Waals surface area (Å²) in [5, 5.41) is 3.23. The summed E-state index contributed by atoms with van der Waals surface area (Å²) in [4.78, 5) is 31.9. The van der Waals surface area contributed by atoms with Crippen molar-refractivity contribution in [1.82, 2.24) is 9.88 Å². The zero-order valence-corrected chi connectivity index (χ0v) is 14.9. The van der Waals surface area contributed by atoms with Gasteiger partial charge in [-0.2, -0.15) is 0 Å². The average Bonchev–Trinajstić information content (AvgIpc) is 3.18. The molecule has 126 valence electrons. The summed E-state index contributed by atoms with van der Waals surface area (Å²) < 4.78 is 0. The van der Waals surface area contributed by atoms with Gasteiger partial charge in [-0.3, -0.25) is 14.5 Å². The Bertz CT molecular complexity index is 745. The lowest BCUT2D eigenvalue weighted by molar-refractivity contribution is -0.129. The Morgan fingerprint density at radius 2 is 2.12 bits per heavy atom. The van der Waals surface area contributed by atoms with Gasteiger partial charge in [0.1, 0.15) is 0 Å². The van der Waals surface area contributed by atoms with E-state index < -0.39 is 0 Å². The fourth-order valence-electron chi connectivity index (χ4n) is 2.59. The lowest BCUT2D eigenvalue weighted by Crippen LogP contribution is -2.28. The van der Waals surface area contributed by atoms with Crippen LogP contribution in [0.25, 0.3) is 0 Å². The molecule has 0 N–H and O–H groups in total. The zero-order valence-electron chi connectivity index (χ0n) is 13.4. The Morgan fingerprint density at radius 3 is 2.79 bits per heavy atom. The van der Waals surface area contributed by atoms with E-state index >= 15 is 0 Å². The number of anilines is 1. The van der Waals surface area contributed by atoms with Gasteiger partial charge in [-0.1, -0.05) is 23.7 Å². The monoisotopic (exact) mass is 363 g/mol. The summed E-state index contributed by atoms with van der Waals surface area (Å²) in [5.74, 6) is 0.108. The van der Waals surface area contributed by atoms with Crippen LogP contribution in [-0.2, 0) is 22.6 Å². The van der Waals surface area contributed by atoms with Crippen LogP contribution in [0.15, 0.2) is 29.6 Å². The molecule has 2 aromatic rings. The number of rotatable bonds is 5. The van der Waals surface area contributed by atoms with E-state index in [1.807, 2.05) is 29.6 Å². The van der Waals surface area contributed by atoms with Crippen molar-refractivity contribution in [2.75, 3.05) is 18.5 Å². The van der Waals surface area contributed by atoms with Gasteiger partial charge in [0, 0.05) is 37.0 Å². The number of aromatic nitrogens is 1. The molecule has 0 aliphatic carbocycles. The highest BCUT2D eigenvalue weighted by Crippen LogP contribution is 2.25. The number of thiazole rings is 1. The van der Waals surface area contributed by atoms with E-state index in [9.17, 15) is 9.59 Å². The number of nitrogens with zero attached hydrogens (tertiary/aromatic N) is 3. The molecule has 1 fully saturated rings. The predicted molar refractivity (Wildman–Crippen MR) is 95.3 cm³/mol. The van der Waals surface area contributed by atoms with Crippen LogP contribution in [-0.4, -0.2) is 35.3 Å². The second kappa shape index (κ2) is 7.32. The average molecular weight is 364 g/mol. The number of benzene rings is 1. The Kier molecular flexibility index (Phi) is 5.16. The van der Waals surface area contributed by atoms with Crippen LogP contribution in [0.5, 0.6) is 0 Å². The van der Waals surface area contributed by atoms with Crippen molar-refractivity contribution < 1.29 is 9.59 Å². The molecule has 1 aliphatic heterocycles. The van der Waals surface area contributed by atoms with Crippen molar-refractivity contribution in [1.29, 1.82) is 0 Å². The molecule has 0 saturated carbocycles. The first-order valence-corrected chi connectivity index (χ1v) is 9.02. The SMILES string of the molecule is CN(Cc1ccc(Cl)cc1)C(=O)Cc1csc(N2CCCC2=O)n1. The van der Waals surface area contributed by atoms with Crippen molar-refractivity contribution >= 4 is 39.9 Å². The smallest absolute Gasteiger partial charge is 0.228 e. The lowest BCUT2D eigenvalue weighted by Gasteiger charge is -2.17. The molecule has 0 unspecified atom stereocenters. The maximum Gasteiger partial charge on any atom is 0.228 e. The third kappa shape index (κ3) is 3.94. The molecule has 0 spiro atoms. The van der Waals surface area contributed by atoms with E-state index in [-0.39, 0.29) is 18.2 Å². The second-order valence-electron chi connectivity index (χ2n) is 5.82. The van der Waals surface area contributed by atoms with Gasteiger partial charge < -0.3 is 4.90 Å². The summed E-state index contributed by atoms with van der Waals surface area (Å²) in [5.41, 5.74) is 1.74. The normalized spacial score (nSPS) is 14.2. The van der Waals surface area contributed by atoms with Gasteiger partial charge in [0.2, 0.25) is 11.8 Å². The molecule has 2 amide bonds. The fraction of sp³-hybridized carbons (Fsp3) is 0.353. The van der Waals surface area contributed by atoms with E-state index in [0.717, 1.165) is 18.5 Å². The summed E-state index contributed by atoms with van der Waals surface area (Å²) in [7, 11) is 1.77. The van der Waals surface area contributed by atoms with Gasteiger partial charge >= 0.3 is 0 Å². The predicted octanol–water partition coefficient (Wildman–Crippen LogP) is 3.12. The third-order valence-corrected chi connectivity index (χ3v) is 5.10. The summed E-state index contributed by atoms with van der Waals surface area (Å²) >= 11 is 7.29. The minimum atomic E-state index is -0.00505. The van der Waals surface area contributed by atoms with Crippen LogP contribution < -0.4 is 4.90 Å². The van der Waals surface area contributed by atoms with Gasteiger partial charge in [-0.15, -0.1) is 11.3 Å². The molecule has 2 heterocycles. The first kappa shape index (κ1) is 16.9. The first-order valence-electron chi connectivity index (χ1n) is 7.76. The second-order valence-corrected chi connectivity index (χ2v) is 7.10. The van der Waals surface area contributed by atoms with Gasteiger partial charge in [0.15, 0.2) is 5.13 Å². The quantitative estimate of drug-likeness (QED) is 0.820. The van der Waals surface area contributed by atoms with Gasteiger partial charge in [0.25, 0.3) is 0 Å². The summed E-state index contributed by atoms with van der Waals surface area (Å²) in [6.07, 6.45) is 1.69. The fourth-order valence-corrected chi connectivity index (χ4v) is 3.59. The number of hydrogen-bond acceptors (Lipinski definition) is 4. The number of carbonyl (C=O) groups excluding carboxylic acids is 2. The largest absolute Gasteiger partial charge is 0.341 e.